The van der Waals surface area contributed by atoms with E-state index in [4.69, 9.17) is 0 Å². The quantitative estimate of drug-likeness (QED) is 0.252. The van der Waals surface area contributed by atoms with Crippen molar-refractivity contribution in [3.8, 4) is 21.6 Å². The lowest BCUT2D eigenvalue weighted by atomic mass is 9.77. The summed E-state index contributed by atoms with van der Waals surface area (Å²) in [6, 6.07) is 24.1. The Bertz CT molecular complexity index is 1220. The zero-order chi connectivity index (χ0) is 23.5. The third-order valence-corrected chi connectivity index (χ3v) is 8.85. The second-order valence-electron chi connectivity index (χ2n) is 10.0. The monoisotopic (exact) mass is 470 g/mol. The summed E-state index contributed by atoms with van der Waals surface area (Å²) in [4.78, 5) is 1.13. The van der Waals surface area contributed by atoms with Gasteiger partial charge in [0.1, 0.15) is 5.82 Å². The van der Waals surface area contributed by atoms with Gasteiger partial charge < -0.3 is 0 Å². The number of aryl methyl sites for hydroxylation is 1. The molecule has 0 spiro atoms. The van der Waals surface area contributed by atoms with Gasteiger partial charge in [-0.3, -0.25) is 0 Å². The van der Waals surface area contributed by atoms with Crippen LogP contribution < -0.4 is 0 Å². The van der Waals surface area contributed by atoms with Gasteiger partial charge in [0.05, 0.1) is 4.70 Å². The minimum Gasteiger partial charge on any atom is -0.205 e. The van der Waals surface area contributed by atoms with Gasteiger partial charge in [0.25, 0.3) is 0 Å². The second-order valence-corrected chi connectivity index (χ2v) is 11.1. The Labute approximate surface area is 207 Å². The topological polar surface area (TPSA) is 0 Å². The zero-order valence-corrected chi connectivity index (χ0v) is 21.3. The van der Waals surface area contributed by atoms with E-state index in [1.807, 2.05) is 6.07 Å². The van der Waals surface area contributed by atoms with Crippen molar-refractivity contribution < 1.29 is 4.39 Å². The average molecular weight is 471 g/mol. The molecular formula is C32H35FS. The maximum Gasteiger partial charge on any atom is 0.144 e. The lowest BCUT2D eigenvalue weighted by Gasteiger charge is -2.28. The van der Waals surface area contributed by atoms with Crippen molar-refractivity contribution in [2.45, 2.75) is 71.1 Å². The van der Waals surface area contributed by atoms with Crippen molar-refractivity contribution in [2.75, 3.05) is 0 Å². The largest absolute Gasteiger partial charge is 0.205 e. The summed E-state index contributed by atoms with van der Waals surface area (Å²) in [6.45, 7) is 4.40. The number of rotatable bonds is 7. The molecule has 0 N–H and O–H groups in total. The Balaban J connectivity index is 1.30. The van der Waals surface area contributed by atoms with Crippen molar-refractivity contribution in [3.05, 3.63) is 83.7 Å². The van der Waals surface area contributed by atoms with Crippen LogP contribution in [0.3, 0.4) is 0 Å². The fourth-order valence-electron chi connectivity index (χ4n) is 5.68. The van der Waals surface area contributed by atoms with Crippen LogP contribution in [0.15, 0.2) is 66.7 Å². The smallest absolute Gasteiger partial charge is 0.144 e. The first-order chi connectivity index (χ1) is 16.7. The van der Waals surface area contributed by atoms with Gasteiger partial charge in [0.15, 0.2) is 0 Å². The summed E-state index contributed by atoms with van der Waals surface area (Å²) in [6.07, 6.45) is 9.95. The van der Waals surface area contributed by atoms with E-state index in [0.717, 1.165) is 50.8 Å². The molecule has 1 aliphatic carbocycles. The number of hydrogen-bond acceptors (Lipinski definition) is 1. The van der Waals surface area contributed by atoms with Crippen molar-refractivity contribution in [1.82, 2.24) is 0 Å². The SMILES string of the molecule is CCCc1ccc2cc(-c3ccc(-c4ccc(C5CCC(CCC)CC5)cc4)cc3)sc2c1F. The number of fused-ring (bicyclic) bond motifs is 1. The number of thiophene rings is 1. The predicted octanol–water partition coefficient (Wildman–Crippen LogP) is 10.4. The fraction of sp³-hybridized carbons (Fsp3) is 0.375. The van der Waals surface area contributed by atoms with Crippen molar-refractivity contribution in [3.63, 3.8) is 0 Å². The van der Waals surface area contributed by atoms with Gasteiger partial charge in [-0.15, -0.1) is 11.3 Å². The highest BCUT2D eigenvalue weighted by Crippen LogP contribution is 2.39. The summed E-state index contributed by atoms with van der Waals surface area (Å²) in [5, 5.41) is 1.00. The van der Waals surface area contributed by atoms with E-state index in [1.54, 1.807) is 11.3 Å². The van der Waals surface area contributed by atoms with Gasteiger partial charge >= 0.3 is 0 Å². The van der Waals surface area contributed by atoms with Crippen LogP contribution in [0, 0.1) is 11.7 Å². The van der Waals surface area contributed by atoms with Gasteiger partial charge in [-0.25, -0.2) is 4.39 Å². The van der Waals surface area contributed by atoms with Crippen LogP contribution in [0.1, 0.15) is 75.8 Å². The van der Waals surface area contributed by atoms with E-state index in [2.05, 4.69) is 74.5 Å². The molecule has 0 amide bonds. The molecule has 1 aliphatic rings. The fourth-order valence-corrected chi connectivity index (χ4v) is 6.81. The number of hydrogen-bond donors (Lipinski definition) is 0. The standard InChI is InChI=1S/C32H35FS/c1-3-5-22-7-9-23(10-8-22)24-11-13-25(14-12-24)26-15-17-27(18-16-26)30-21-29-20-19-28(6-4-2)31(33)32(29)34-30/h11-23H,3-10H2,1-2H3. The molecule has 1 aromatic heterocycles. The first-order valence-electron chi connectivity index (χ1n) is 13.1. The van der Waals surface area contributed by atoms with Gasteiger partial charge in [0, 0.05) is 4.88 Å². The Morgan fingerprint density at radius 3 is 2.06 bits per heavy atom. The van der Waals surface area contributed by atoms with E-state index in [1.165, 1.54) is 55.2 Å². The molecular weight excluding hydrogens is 435 g/mol. The molecule has 1 fully saturated rings. The van der Waals surface area contributed by atoms with Crippen LogP contribution in [0.2, 0.25) is 0 Å². The van der Waals surface area contributed by atoms with E-state index < -0.39 is 0 Å². The molecule has 176 valence electrons. The first kappa shape index (κ1) is 23.3. The molecule has 0 unspecified atom stereocenters. The third kappa shape index (κ3) is 4.84. The Hall–Kier alpha value is -2.45. The molecule has 5 rings (SSSR count). The normalized spacial score (nSPS) is 18.4. The van der Waals surface area contributed by atoms with Gasteiger partial charge in [-0.1, -0.05) is 93.8 Å². The van der Waals surface area contributed by atoms with E-state index >= 15 is 0 Å². The Kier molecular flexibility index (Phi) is 7.15. The summed E-state index contributed by atoms with van der Waals surface area (Å²) in [7, 11) is 0. The maximum absolute atomic E-state index is 14.9. The molecule has 0 atom stereocenters. The maximum atomic E-state index is 14.9. The first-order valence-corrected chi connectivity index (χ1v) is 13.9. The molecule has 0 saturated heterocycles. The van der Waals surface area contributed by atoms with Crippen molar-refractivity contribution in [1.29, 1.82) is 0 Å². The molecule has 1 saturated carbocycles. The molecule has 0 bridgehead atoms. The summed E-state index contributed by atoms with van der Waals surface area (Å²) in [5.74, 6) is 1.65. The van der Waals surface area contributed by atoms with Crippen LogP contribution in [0.4, 0.5) is 4.39 Å². The van der Waals surface area contributed by atoms with Gasteiger partial charge in [0.2, 0.25) is 0 Å². The van der Waals surface area contributed by atoms with E-state index in [-0.39, 0.29) is 5.82 Å². The lowest BCUT2D eigenvalue weighted by Crippen LogP contribution is -2.13. The zero-order valence-electron chi connectivity index (χ0n) is 20.4. The number of halogens is 1. The summed E-state index contributed by atoms with van der Waals surface area (Å²) >= 11 is 1.56. The van der Waals surface area contributed by atoms with Crippen molar-refractivity contribution in [2.24, 2.45) is 5.92 Å². The van der Waals surface area contributed by atoms with Gasteiger partial charge in [-0.2, -0.15) is 0 Å². The highest BCUT2D eigenvalue weighted by molar-refractivity contribution is 7.22. The van der Waals surface area contributed by atoms with Gasteiger partial charge in [-0.05, 0) is 83.2 Å². The molecule has 2 heteroatoms. The van der Waals surface area contributed by atoms with Crippen LogP contribution in [-0.4, -0.2) is 0 Å². The Morgan fingerprint density at radius 1 is 0.765 bits per heavy atom. The lowest BCUT2D eigenvalue weighted by molar-refractivity contribution is 0.308. The van der Waals surface area contributed by atoms with Crippen LogP contribution in [0.5, 0.6) is 0 Å². The summed E-state index contributed by atoms with van der Waals surface area (Å²) in [5.41, 5.74) is 5.99. The van der Waals surface area contributed by atoms with Crippen LogP contribution in [0.25, 0.3) is 31.7 Å². The molecule has 0 nitrogen and oxygen atoms in total. The molecule has 4 aromatic rings. The van der Waals surface area contributed by atoms with E-state index in [9.17, 15) is 4.39 Å². The highest BCUT2D eigenvalue weighted by atomic mass is 32.1. The minimum atomic E-state index is -0.0360. The predicted molar refractivity (Wildman–Crippen MR) is 146 cm³/mol. The third-order valence-electron chi connectivity index (χ3n) is 7.65. The van der Waals surface area contributed by atoms with E-state index in [0.29, 0.717) is 0 Å². The Morgan fingerprint density at radius 2 is 1.41 bits per heavy atom. The molecule has 34 heavy (non-hydrogen) atoms. The van der Waals surface area contributed by atoms with Crippen LogP contribution >= 0.6 is 11.3 Å². The molecule has 0 radical (unpaired) electrons. The highest BCUT2D eigenvalue weighted by Gasteiger charge is 2.21. The molecule has 3 aromatic carbocycles. The van der Waals surface area contributed by atoms with Crippen LogP contribution in [-0.2, 0) is 6.42 Å². The van der Waals surface area contributed by atoms with Crippen molar-refractivity contribution >= 4 is 21.4 Å². The number of benzene rings is 3. The minimum absolute atomic E-state index is 0.0360. The second kappa shape index (κ2) is 10.4. The average Bonchev–Trinajstić information content (AvgIpc) is 3.32. The molecule has 1 heterocycles. The summed E-state index contributed by atoms with van der Waals surface area (Å²) < 4.78 is 15.7. The molecule has 0 aliphatic heterocycles.